The van der Waals surface area contributed by atoms with Crippen LogP contribution in [0, 0.1) is 0 Å². The van der Waals surface area contributed by atoms with E-state index in [1.165, 1.54) is 20.8 Å². The van der Waals surface area contributed by atoms with E-state index in [-0.39, 0.29) is 0 Å². The molecule has 0 aromatic heterocycles. The summed E-state index contributed by atoms with van der Waals surface area (Å²) in [6, 6.07) is 0. The predicted octanol–water partition coefficient (Wildman–Crippen LogP) is 1.15. The summed E-state index contributed by atoms with van der Waals surface area (Å²) >= 11 is 0. The topological polar surface area (TPSA) is 140 Å². The van der Waals surface area contributed by atoms with Gasteiger partial charge >= 0.3 is 21.8 Å². The molecular weight excluding hydrogens is 266 g/mol. The van der Waals surface area contributed by atoms with Crippen molar-refractivity contribution in [3.8, 4) is 0 Å². The van der Waals surface area contributed by atoms with Crippen molar-refractivity contribution in [2.45, 2.75) is 26.4 Å². The molecule has 0 saturated carbocycles. The molecule has 0 aliphatic heterocycles. The molecule has 3 N–H and O–H groups in total. The molecule has 0 saturated heterocycles. The second-order valence-corrected chi connectivity index (χ2v) is 6.35. The summed E-state index contributed by atoms with van der Waals surface area (Å²) in [5, 5.41) is 0. The third-order valence-corrected chi connectivity index (χ3v) is 2.85. The van der Waals surface area contributed by atoms with Crippen LogP contribution in [0.3, 0.4) is 0 Å². The van der Waals surface area contributed by atoms with Crippen LogP contribution in [0.1, 0.15) is 20.8 Å². The van der Waals surface area contributed by atoms with Gasteiger partial charge in [-0.3, -0.25) is 4.89 Å². The third-order valence-electron chi connectivity index (χ3n) is 0.789. The number of carbonyl (C=O) groups is 1. The van der Waals surface area contributed by atoms with E-state index in [0.29, 0.717) is 0 Å². The van der Waals surface area contributed by atoms with Crippen molar-refractivity contribution in [3.63, 3.8) is 0 Å². The van der Waals surface area contributed by atoms with E-state index in [1.54, 1.807) is 0 Å². The molecule has 0 fully saturated rings. The van der Waals surface area contributed by atoms with E-state index in [1.807, 2.05) is 0 Å². The largest absolute Gasteiger partial charge is 0.540 e. The normalized spacial score (nSPS) is 16.4. The maximum atomic E-state index is 10.9. The first kappa shape index (κ1) is 15.6. The van der Waals surface area contributed by atoms with Gasteiger partial charge in [-0.1, -0.05) is 0 Å². The van der Waals surface area contributed by atoms with Gasteiger partial charge in [-0.25, -0.2) is 13.9 Å². The summed E-state index contributed by atoms with van der Waals surface area (Å²) in [4.78, 5) is 36.0. The van der Waals surface area contributed by atoms with Crippen LogP contribution in [0.4, 0.5) is 4.79 Å². The Hall–Kier alpha value is -0.430. The summed E-state index contributed by atoms with van der Waals surface area (Å²) in [6.45, 7) is 4.38. The molecule has 0 aromatic carbocycles. The van der Waals surface area contributed by atoms with Gasteiger partial charge in [-0.2, -0.15) is 4.31 Å². The van der Waals surface area contributed by atoms with Gasteiger partial charge in [0.25, 0.3) is 0 Å². The maximum Gasteiger partial charge on any atom is 0.540 e. The number of hydrogen-bond donors (Lipinski definition) is 3. The second kappa shape index (κ2) is 4.83. The van der Waals surface area contributed by atoms with E-state index >= 15 is 0 Å². The van der Waals surface area contributed by atoms with Crippen molar-refractivity contribution in [2.24, 2.45) is 0 Å². The first-order chi connectivity index (χ1) is 6.81. The monoisotopic (exact) mass is 278 g/mol. The van der Waals surface area contributed by atoms with Gasteiger partial charge in [-0.15, -0.1) is 0 Å². The molecule has 96 valence electrons. The Morgan fingerprint density at radius 2 is 1.56 bits per heavy atom. The Morgan fingerprint density at radius 1 is 1.12 bits per heavy atom. The molecule has 1 atom stereocenters. The van der Waals surface area contributed by atoms with Crippen molar-refractivity contribution in [2.75, 3.05) is 0 Å². The van der Waals surface area contributed by atoms with Gasteiger partial charge in [0.05, 0.1) is 0 Å². The fourth-order valence-corrected chi connectivity index (χ4v) is 1.95. The number of rotatable bonds is 3. The van der Waals surface area contributed by atoms with Crippen LogP contribution >= 0.6 is 15.6 Å². The molecule has 0 amide bonds. The number of ether oxygens (including phenoxy) is 1. The van der Waals surface area contributed by atoms with E-state index in [9.17, 15) is 13.9 Å². The highest BCUT2D eigenvalue weighted by Crippen LogP contribution is 2.57. The van der Waals surface area contributed by atoms with Crippen molar-refractivity contribution in [3.05, 3.63) is 0 Å². The fraction of sp³-hybridized carbons (Fsp3) is 0.800. The highest BCUT2D eigenvalue weighted by Gasteiger charge is 2.37. The number of carbonyl (C=O) groups excluding carboxylic acids is 1. The van der Waals surface area contributed by atoms with Gasteiger partial charge in [0.15, 0.2) is 0 Å². The Bertz CT molecular complexity index is 349. The first-order valence-electron chi connectivity index (χ1n) is 3.83. The predicted molar refractivity (Wildman–Crippen MR) is 50.3 cm³/mol. The van der Waals surface area contributed by atoms with Crippen molar-refractivity contribution >= 4 is 21.8 Å². The molecule has 0 rings (SSSR count). The quantitative estimate of drug-likeness (QED) is 0.512. The van der Waals surface area contributed by atoms with E-state index in [2.05, 4.69) is 13.6 Å². The molecule has 9 nitrogen and oxygen atoms in total. The van der Waals surface area contributed by atoms with Gasteiger partial charge in [0.1, 0.15) is 5.60 Å². The zero-order valence-corrected chi connectivity index (χ0v) is 10.5. The average molecular weight is 278 g/mol. The van der Waals surface area contributed by atoms with E-state index in [0.717, 1.165) is 0 Å². The van der Waals surface area contributed by atoms with Crippen LogP contribution < -0.4 is 0 Å². The van der Waals surface area contributed by atoms with Crippen molar-refractivity contribution in [1.82, 2.24) is 0 Å². The standard InChI is InChI=1S/C5H12O9P2/c1-5(2,3)12-4(6)13-16(10,11)14-15(7,8)9/h1-3H3,(H,10,11)(H2,7,8,9). The summed E-state index contributed by atoms with van der Waals surface area (Å²) in [7, 11) is -10.4. The smallest absolute Gasteiger partial charge is 0.428 e. The molecule has 16 heavy (non-hydrogen) atoms. The van der Waals surface area contributed by atoms with Crippen LogP contribution in [0.25, 0.3) is 0 Å². The molecule has 0 bridgehead atoms. The Morgan fingerprint density at radius 3 is 1.88 bits per heavy atom. The number of hydrogen-bond acceptors (Lipinski definition) is 6. The summed E-state index contributed by atoms with van der Waals surface area (Å²) in [6.07, 6.45) is -1.58. The number of phosphoric ester groups is 1. The SMILES string of the molecule is CC(C)(C)OC(=O)OP(=O)(O)OP(=O)(O)O. The first-order valence-corrected chi connectivity index (χ1v) is 6.86. The molecule has 0 aromatic rings. The van der Waals surface area contributed by atoms with E-state index < -0.39 is 27.4 Å². The van der Waals surface area contributed by atoms with Crippen molar-refractivity contribution < 1.29 is 42.2 Å². The van der Waals surface area contributed by atoms with Crippen LogP contribution in [0.15, 0.2) is 0 Å². The summed E-state index contributed by atoms with van der Waals surface area (Å²) in [5.74, 6) is 0. The van der Waals surface area contributed by atoms with Crippen LogP contribution in [0.2, 0.25) is 0 Å². The highest BCUT2D eigenvalue weighted by atomic mass is 31.3. The molecule has 1 unspecified atom stereocenters. The molecule has 0 radical (unpaired) electrons. The minimum absolute atomic E-state index is 0.987. The van der Waals surface area contributed by atoms with Gasteiger partial charge in [-0.05, 0) is 20.8 Å². The Balaban J connectivity index is 4.44. The highest BCUT2D eigenvalue weighted by molar-refractivity contribution is 7.61. The lowest BCUT2D eigenvalue weighted by Crippen LogP contribution is -2.24. The van der Waals surface area contributed by atoms with Gasteiger partial charge in [0, 0.05) is 0 Å². The lowest BCUT2D eigenvalue weighted by atomic mass is 10.2. The Labute approximate surface area is 91.2 Å². The molecule has 0 aliphatic rings. The minimum atomic E-state index is -5.24. The zero-order chi connectivity index (χ0) is 13.2. The van der Waals surface area contributed by atoms with Crippen LogP contribution in [-0.2, 0) is 22.7 Å². The van der Waals surface area contributed by atoms with Crippen LogP contribution in [-0.4, -0.2) is 26.4 Å². The third kappa shape index (κ3) is 8.84. The fourth-order valence-electron chi connectivity index (χ4n) is 0.514. The molecule has 0 spiro atoms. The van der Waals surface area contributed by atoms with Crippen molar-refractivity contribution in [1.29, 1.82) is 0 Å². The molecular formula is C5H12O9P2. The van der Waals surface area contributed by atoms with Crippen LogP contribution in [0.5, 0.6) is 0 Å². The summed E-state index contributed by atoms with van der Waals surface area (Å²) < 4.78 is 32.6. The van der Waals surface area contributed by atoms with Gasteiger partial charge in [0.2, 0.25) is 0 Å². The number of phosphoric acid groups is 2. The molecule has 0 aliphatic carbocycles. The minimum Gasteiger partial charge on any atom is -0.428 e. The summed E-state index contributed by atoms with van der Waals surface area (Å²) in [5.41, 5.74) is -0.987. The average Bonchev–Trinajstić information content (AvgIpc) is 1.70. The lowest BCUT2D eigenvalue weighted by molar-refractivity contribution is 0.0148. The lowest BCUT2D eigenvalue weighted by Gasteiger charge is -2.19. The molecule has 0 heterocycles. The van der Waals surface area contributed by atoms with Gasteiger partial charge < -0.3 is 19.0 Å². The maximum absolute atomic E-state index is 10.9. The van der Waals surface area contributed by atoms with E-state index in [4.69, 9.17) is 14.7 Å². The second-order valence-electron chi connectivity index (χ2n) is 3.60. The molecule has 11 heteroatoms. The zero-order valence-electron chi connectivity index (χ0n) is 8.69. The Kier molecular flexibility index (Phi) is 4.70.